The molecule has 0 aliphatic rings. The molecular formula is C18H19N5O2S. The number of hydrogen-bond donors (Lipinski definition) is 1. The molecule has 0 unspecified atom stereocenters. The van der Waals surface area contributed by atoms with Crippen molar-refractivity contribution < 1.29 is 9.53 Å². The van der Waals surface area contributed by atoms with Crippen molar-refractivity contribution in [3.8, 4) is 17.1 Å². The quantitative estimate of drug-likeness (QED) is 0.673. The number of carbonyl (C=O) groups excluding carboxylic acids is 1. The highest BCUT2D eigenvalue weighted by molar-refractivity contribution is 8.00. The van der Waals surface area contributed by atoms with E-state index >= 15 is 0 Å². The van der Waals surface area contributed by atoms with E-state index < -0.39 is 0 Å². The van der Waals surface area contributed by atoms with E-state index in [2.05, 4.69) is 20.5 Å². The second-order valence-electron chi connectivity index (χ2n) is 5.58. The summed E-state index contributed by atoms with van der Waals surface area (Å²) in [6, 6.07) is 11.0. The fourth-order valence-corrected chi connectivity index (χ4v) is 3.11. The molecule has 134 valence electrons. The number of pyridine rings is 1. The molecule has 1 atom stereocenters. The van der Waals surface area contributed by atoms with Crippen LogP contribution in [-0.4, -0.2) is 38.0 Å². The summed E-state index contributed by atoms with van der Waals surface area (Å²) >= 11 is 1.36. The van der Waals surface area contributed by atoms with Gasteiger partial charge in [-0.2, -0.15) is 0 Å². The van der Waals surface area contributed by atoms with Crippen molar-refractivity contribution >= 4 is 23.4 Å². The van der Waals surface area contributed by atoms with Crippen molar-refractivity contribution in [2.75, 3.05) is 12.4 Å². The molecule has 0 saturated carbocycles. The predicted octanol–water partition coefficient (Wildman–Crippen LogP) is 3.01. The van der Waals surface area contributed by atoms with Gasteiger partial charge in [0.15, 0.2) is 11.0 Å². The summed E-state index contributed by atoms with van der Waals surface area (Å²) < 4.78 is 6.99. The van der Waals surface area contributed by atoms with Gasteiger partial charge in [-0.3, -0.25) is 9.78 Å². The fraction of sp³-hybridized carbons (Fsp3) is 0.222. The minimum Gasteiger partial charge on any atom is -0.497 e. The Kier molecular flexibility index (Phi) is 5.52. The number of ether oxygens (including phenoxy) is 1. The number of nitrogens with zero attached hydrogens (tertiary/aromatic N) is 4. The van der Waals surface area contributed by atoms with Crippen LogP contribution in [0.3, 0.4) is 0 Å². The topological polar surface area (TPSA) is 81.9 Å². The van der Waals surface area contributed by atoms with Gasteiger partial charge in [-0.25, -0.2) is 0 Å². The van der Waals surface area contributed by atoms with E-state index in [9.17, 15) is 4.79 Å². The van der Waals surface area contributed by atoms with Crippen LogP contribution in [0.15, 0.2) is 53.9 Å². The summed E-state index contributed by atoms with van der Waals surface area (Å²) in [5.41, 5.74) is 1.65. The summed E-state index contributed by atoms with van der Waals surface area (Å²) in [5.74, 6) is 1.37. The van der Waals surface area contributed by atoms with Gasteiger partial charge >= 0.3 is 0 Å². The molecule has 2 aromatic heterocycles. The summed E-state index contributed by atoms with van der Waals surface area (Å²) in [6.45, 7) is 1.84. The monoisotopic (exact) mass is 369 g/mol. The van der Waals surface area contributed by atoms with Crippen LogP contribution in [0.2, 0.25) is 0 Å². The molecule has 0 spiro atoms. The van der Waals surface area contributed by atoms with Crippen molar-refractivity contribution in [2.45, 2.75) is 17.3 Å². The number of thioether (sulfide) groups is 1. The highest BCUT2D eigenvalue weighted by Crippen LogP contribution is 2.26. The summed E-state index contributed by atoms with van der Waals surface area (Å²) in [5, 5.41) is 11.7. The molecular weight excluding hydrogens is 350 g/mol. The first-order chi connectivity index (χ1) is 12.6. The molecule has 0 aliphatic carbocycles. The summed E-state index contributed by atoms with van der Waals surface area (Å²) in [4.78, 5) is 16.4. The molecule has 7 nitrogen and oxygen atoms in total. The van der Waals surface area contributed by atoms with Crippen LogP contribution in [-0.2, 0) is 11.8 Å². The van der Waals surface area contributed by atoms with Crippen LogP contribution in [0.1, 0.15) is 6.92 Å². The van der Waals surface area contributed by atoms with Crippen LogP contribution in [0.4, 0.5) is 5.69 Å². The van der Waals surface area contributed by atoms with Crippen LogP contribution in [0, 0.1) is 0 Å². The lowest BCUT2D eigenvalue weighted by Crippen LogP contribution is -2.22. The molecule has 1 N–H and O–H groups in total. The van der Waals surface area contributed by atoms with Crippen LogP contribution in [0.5, 0.6) is 5.75 Å². The molecule has 0 radical (unpaired) electrons. The third-order valence-corrected chi connectivity index (χ3v) is 4.92. The average Bonchev–Trinajstić information content (AvgIpc) is 3.03. The summed E-state index contributed by atoms with van der Waals surface area (Å²) in [7, 11) is 3.49. The van der Waals surface area contributed by atoms with E-state index in [0.717, 1.165) is 22.8 Å². The molecule has 1 aromatic carbocycles. The maximum absolute atomic E-state index is 12.4. The second-order valence-corrected chi connectivity index (χ2v) is 6.89. The zero-order valence-electron chi connectivity index (χ0n) is 14.7. The second kappa shape index (κ2) is 8.01. The molecule has 3 aromatic rings. The summed E-state index contributed by atoms with van der Waals surface area (Å²) in [6.07, 6.45) is 3.42. The molecule has 0 saturated heterocycles. The number of anilines is 1. The Balaban J connectivity index is 1.66. The van der Waals surface area contributed by atoms with Gasteiger partial charge in [0.1, 0.15) is 5.75 Å². The predicted molar refractivity (Wildman–Crippen MR) is 101 cm³/mol. The minimum atomic E-state index is -0.328. The molecule has 0 bridgehead atoms. The van der Waals surface area contributed by atoms with Crippen molar-refractivity contribution in [3.63, 3.8) is 0 Å². The highest BCUT2D eigenvalue weighted by Gasteiger charge is 2.19. The van der Waals surface area contributed by atoms with E-state index in [-0.39, 0.29) is 11.2 Å². The Bertz CT molecular complexity index is 880. The third-order valence-electron chi connectivity index (χ3n) is 3.78. The van der Waals surface area contributed by atoms with E-state index in [4.69, 9.17) is 4.74 Å². The Hall–Kier alpha value is -2.87. The molecule has 1 amide bonds. The number of benzene rings is 1. The standard InChI is InChI=1S/C18H19N5O2S/c1-12(17(24)20-14-4-6-15(25-3)7-5-14)26-18-22-21-16(23(18)2)13-8-10-19-11-9-13/h4-12H,1-3H3,(H,20,24)/t12-/m1/s1. The zero-order valence-corrected chi connectivity index (χ0v) is 15.5. The Labute approximate surface area is 155 Å². The van der Waals surface area contributed by atoms with Gasteiger partial charge in [-0.05, 0) is 43.3 Å². The number of carbonyl (C=O) groups is 1. The van der Waals surface area contributed by atoms with Crippen molar-refractivity contribution in [1.82, 2.24) is 19.7 Å². The first kappa shape index (κ1) is 17.9. The molecule has 0 fully saturated rings. The SMILES string of the molecule is COc1ccc(NC(=O)[C@@H](C)Sc2nnc(-c3ccncc3)n2C)cc1. The van der Waals surface area contributed by atoms with E-state index in [1.54, 1.807) is 43.8 Å². The molecule has 0 aliphatic heterocycles. The minimum absolute atomic E-state index is 0.103. The van der Waals surface area contributed by atoms with Crippen molar-refractivity contribution in [2.24, 2.45) is 7.05 Å². The van der Waals surface area contributed by atoms with Gasteiger partial charge in [0.25, 0.3) is 0 Å². The Morgan fingerprint density at radius 2 is 1.85 bits per heavy atom. The first-order valence-electron chi connectivity index (χ1n) is 8.00. The van der Waals surface area contributed by atoms with Gasteiger partial charge in [0.05, 0.1) is 12.4 Å². The lowest BCUT2D eigenvalue weighted by Gasteiger charge is -2.12. The van der Waals surface area contributed by atoms with Crippen LogP contribution < -0.4 is 10.1 Å². The van der Waals surface area contributed by atoms with Gasteiger partial charge < -0.3 is 14.6 Å². The molecule has 8 heteroatoms. The van der Waals surface area contributed by atoms with E-state index in [0.29, 0.717) is 5.16 Å². The van der Waals surface area contributed by atoms with Crippen molar-refractivity contribution in [1.29, 1.82) is 0 Å². The number of nitrogens with one attached hydrogen (secondary N) is 1. The first-order valence-corrected chi connectivity index (χ1v) is 8.88. The van der Waals surface area contributed by atoms with Crippen LogP contribution in [0.25, 0.3) is 11.4 Å². The normalized spacial score (nSPS) is 11.8. The zero-order chi connectivity index (χ0) is 18.5. The van der Waals surface area contributed by atoms with Crippen LogP contribution >= 0.6 is 11.8 Å². The molecule has 26 heavy (non-hydrogen) atoms. The maximum atomic E-state index is 12.4. The number of amides is 1. The average molecular weight is 369 g/mol. The lowest BCUT2D eigenvalue weighted by atomic mass is 10.2. The van der Waals surface area contributed by atoms with E-state index in [1.807, 2.05) is 30.7 Å². The lowest BCUT2D eigenvalue weighted by molar-refractivity contribution is -0.115. The third kappa shape index (κ3) is 4.02. The Morgan fingerprint density at radius 3 is 2.50 bits per heavy atom. The fourth-order valence-electron chi connectivity index (χ4n) is 2.30. The molecule has 2 heterocycles. The number of aromatic nitrogens is 4. The highest BCUT2D eigenvalue weighted by atomic mass is 32.2. The largest absolute Gasteiger partial charge is 0.497 e. The number of methoxy groups -OCH3 is 1. The van der Waals surface area contributed by atoms with Gasteiger partial charge in [-0.1, -0.05) is 11.8 Å². The van der Waals surface area contributed by atoms with Gasteiger partial charge in [0.2, 0.25) is 5.91 Å². The van der Waals surface area contributed by atoms with E-state index in [1.165, 1.54) is 11.8 Å². The van der Waals surface area contributed by atoms with Gasteiger partial charge in [0, 0.05) is 30.7 Å². The Morgan fingerprint density at radius 1 is 1.15 bits per heavy atom. The van der Waals surface area contributed by atoms with Gasteiger partial charge in [-0.15, -0.1) is 10.2 Å². The molecule has 3 rings (SSSR count). The number of hydrogen-bond acceptors (Lipinski definition) is 6. The van der Waals surface area contributed by atoms with Crippen molar-refractivity contribution in [3.05, 3.63) is 48.8 Å². The maximum Gasteiger partial charge on any atom is 0.237 e. The number of rotatable bonds is 6. The smallest absolute Gasteiger partial charge is 0.237 e.